The smallest absolute Gasteiger partial charge is 0.251 e. The molecule has 2 saturated heterocycles. The Morgan fingerprint density at radius 1 is 1.40 bits per heavy atom. The zero-order chi connectivity index (χ0) is 13.9. The normalized spacial score (nSPS) is 26.9. The molecule has 2 aliphatic rings. The maximum absolute atomic E-state index is 12.4. The molecule has 2 aliphatic heterocycles. The molecule has 0 bridgehead atoms. The molecule has 2 fully saturated rings. The number of amides is 1. The quantitative estimate of drug-likeness (QED) is 0.839. The van der Waals surface area contributed by atoms with Crippen molar-refractivity contribution in [2.75, 3.05) is 19.7 Å². The standard InChI is InChI=1S/C14H21N3O3/c1-2-12-15-13(20-16-12)10-5-3-7-17(9-10)14(18)11-6-4-8-19-11/h10-11H,2-9H2,1H3/t10-,11+/m0/s1. The number of hydrogen-bond donors (Lipinski definition) is 0. The molecule has 0 spiro atoms. The molecule has 0 radical (unpaired) electrons. The SMILES string of the molecule is CCc1noc([C@H]2CCCN(C(=O)[C@H]3CCCO3)C2)n1. The molecule has 0 unspecified atom stereocenters. The predicted octanol–water partition coefficient (Wildman–Crippen LogP) is 1.52. The Morgan fingerprint density at radius 2 is 2.30 bits per heavy atom. The molecule has 0 saturated carbocycles. The molecule has 0 N–H and O–H groups in total. The highest BCUT2D eigenvalue weighted by Crippen LogP contribution is 2.27. The van der Waals surface area contributed by atoms with Crippen molar-refractivity contribution in [3.8, 4) is 0 Å². The lowest BCUT2D eigenvalue weighted by atomic mass is 9.97. The second kappa shape index (κ2) is 5.91. The second-order valence-corrected chi connectivity index (χ2v) is 5.53. The molecule has 6 heteroatoms. The Balaban J connectivity index is 1.65. The Kier molecular flexibility index (Phi) is 4.00. The van der Waals surface area contributed by atoms with E-state index in [1.165, 1.54) is 0 Å². The van der Waals surface area contributed by atoms with Crippen molar-refractivity contribution in [3.05, 3.63) is 11.7 Å². The van der Waals surface area contributed by atoms with Gasteiger partial charge in [0.2, 0.25) is 5.89 Å². The first-order valence-corrected chi connectivity index (χ1v) is 7.50. The van der Waals surface area contributed by atoms with E-state index in [1.54, 1.807) is 0 Å². The number of piperidine rings is 1. The van der Waals surface area contributed by atoms with Gasteiger partial charge >= 0.3 is 0 Å². The maximum Gasteiger partial charge on any atom is 0.251 e. The zero-order valence-electron chi connectivity index (χ0n) is 11.9. The first kappa shape index (κ1) is 13.5. The maximum atomic E-state index is 12.4. The summed E-state index contributed by atoms with van der Waals surface area (Å²) in [6, 6.07) is 0. The second-order valence-electron chi connectivity index (χ2n) is 5.53. The van der Waals surface area contributed by atoms with E-state index >= 15 is 0 Å². The number of carbonyl (C=O) groups excluding carboxylic acids is 1. The summed E-state index contributed by atoms with van der Waals surface area (Å²) < 4.78 is 10.8. The summed E-state index contributed by atoms with van der Waals surface area (Å²) in [6.07, 6.45) is 4.35. The van der Waals surface area contributed by atoms with Gasteiger partial charge in [0.25, 0.3) is 5.91 Å². The first-order chi connectivity index (χ1) is 9.78. The molecule has 3 heterocycles. The fourth-order valence-electron chi connectivity index (χ4n) is 2.93. The molecule has 2 atom stereocenters. The molecule has 0 aliphatic carbocycles. The van der Waals surface area contributed by atoms with Gasteiger partial charge in [0.1, 0.15) is 6.10 Å². The van der Waals surface area contributed by atoms with Crippen molar-refractivity contribution >= 4 is 5.91 Å². The monoisotopic (exact) mass is 279 g/mol. The van der Waals surface area contributed by atoms with Crippen LogP contribution in [0, 0.1) is 0 Å². The lowest BCUT2D eigenvalue weighted by Gasteiger charge is -2.32. The van der Waals surface area contributed by atoms with Crippen LogP contribution < -0.4 is 0 Å². The fourth-order valence-corrected chi connectivity index (χ4v) is 2.93. The summed E-state index contributed by atoms with van der Waals surface area (Å²) in [7, 11) is 0. The van der Waals surface area contributed by atoms with E-state index < -0.39 is 0 Å². The van der Waals surface area contributed by atoms with Crippen LogP contribution in [-0.4, -0.2) is 46.7 Å². The largest absolute Gasteiger partial charge is 0.368 e. The molecule has 20 heavy (non-hydrogen) atoms. The lowest BCUT2D eigenvalue weighted by Crippen LogP contribution is -2.44. The molecule has 1 aromatic heterocycles. The van der Waals surface area contributed by atoms with Crippen molar-refractivity contribution in [2.45, 2.75) is 51.0 Å². The van der Waals surface area contributed by atoms with Gasteiger partial charge in [-0.05, 0) is 25.7 Å². The number of ether oxygens (including phenoxy) is 1. The summed E-state index contributed by atoms with van der Waals surface area (Å²) in [5.41, 5.74) is 0. The number of likely N-dealkylation sites (tertiary alicyclic amines) is 1. The van der Waals surface area contributed by atoms with E-state index in [0.29, 0.717) is 19.0 Å². The summed E-state index contributed by atoms with van der Waals surface area (Å²) in [6.45, 7) is 4.19. The van der Waals surface area contributed by atoms with E-state index in [2.05, 4.69) is 10.1 Å². The molecular weight excluding hydrogens is 258 g/mol. The van der Waals surface area contributed by atoms with E-state index in [9.17, 15) is 4.79 Å². The van der Waals surface area contributed by atoms with Gasteiger partial charge in [-0.1, -0.05) is 12.1 Å². The zero-order valence-corrected chi connectivity index (χ0v) is 11.9. The highest BCUT2D eigenvalue weighted by molar-refractivity contribution is 5.81. The summed E-state index contributed by atoms with van der Waals surface area (Å²) in [5.74, 6) is 1.71. The molecule has 1 aromatic rings. The van der Waals surface area contributed by atoms with Gasteiger partial charge in [-0.3, -0.25) is 4.79 Å². The number of aromatic nitrogens is 2. The molecule has 1 amide bonds. The van der Waals surface area contributed by atoms with Crippen LogP contribution in [0.2, 0.25) is 0 Å². The third-order valence-corrected chi connectivity index (χ3v) is 4.09. The minimum Gasteiger partial charge on any atom is -0.368 e. The van der Waals surface area contributed by atoms with Gasteiger partial charge in [0, 0.05) is 26.1 Å². The topological polar surface area (TPSA) is 68.5 Å². The average Bonchev–Trinajstić information content (AvgIpc) is 3.17. The summed E-state index contributed by atoms with van der Waals surface area (Å²) in [5, 5.41) is 3.94. The number of hydrogen-bond acceptors (Lipinski definition) is 5. The Morgan fingerprint density at radius 3 is 3.00 bits per heavy atom. The van der Waals surface area contributed by atoms with Gasteiger partial charge in [0.15, 0.2) is 5.82 Å². The van der Waals surface area contributed by atoms with Gasteiger partial charge in [0.05, 0.1) is 5.92 Å². The van der Waals surface area contributed by atoms with Crippen molar-refractivity contribution in [2.24, 2.45) is 0 Å². The first-order valence-electron chi connectivity index (χ1n) is 7.50. The van der Waals surface area contributed by atoms with Gasteiger partial charge in [-0.25, -0.2) is 0 Å². The van der Waals surface area contributed by atoms with E-state index in [0.717, 1.165) is 44.5 Å². The van der Waals surface area contributed by atoms with Crippen LogP contribution >= 0.6 is 0 Å². The predicted molar refractivity (Wildman–Crippen MR) is 71.2 cm³/mol. The van der Waals surface area contributed by atoms with Crippen molar-refractivity contribution < 1.29 is 14.1 Å². The van der Waals surface area contributed by atoms with Crippen LogP contribution in [0.1, 0.15) is 50.2 Å². The number of carbonyl (C=O) groups is 1. The van der Waals surface area contributed by atoms with Gasteiger partial charge in [-0.15, -0.1) is 0 Å². The minimum absolute atomic E-state index is 0.127. The summed E-state index contributed by atoms with van der Waals surface area (Å²) in [4.78, 5) is 18.7. The van der Waals surface area contributed by atoms with E-state index in [4.69, 9.17) is 9.26 Å². The van der Waals surface area contributed by atoms with Crippen molar-refractivity contribution in [1.82, 2.24) is 15.0 Å². The van der Waals surface area contributed by atoms with Crippen LogP contribution in [0.5, 0.6) is 0 Å². The van der Waals surface area contributed by atoms with E-state index in [1.807, 2.05) is 11.8 Å². The van der Waals surface area contributed by atoms with Crippen molar-refractivity contribution in [1.29, 1.82) is 0 Å². The minimum atomic E-state index is -0.234. The van der Waals surface area contributed by atoms with Crippen LogP contribution in [0.25, 0.3) is 0 Å². The summed E-state index contributed by atoms with van der Waals surface area (Å²) >= 11 is 0. The van der Waals surface area contributed by atoms with Crippen LogP contribution in [-0.2, 0) is 16.0 Å². The number of rotatable bonds is 3. The highest BCUT2D eigenvalue weighted by atomic mass is 16.5. The Labute approximate surface area is 118 Å². The molecule has 6 nitrogen and oxygen atoms in total. The molecule has 3 rings (SSSR count). The Bertz CT molecular complexity index is 468. The van der Waals surface area contributed by atoms with Gasteiger partial charge < -0.3 is 14.2 Å². The van der Waals surface area contributed by atoms with Crippen LogP contribution in [0.15, 0.2) is 4.52 Å². The third-order valence-electron chi connectivity index (χ3n) is 4.09. The molecule has 0 aromatic carbocycles. The number of aryl methyl sites for hydroxylation is 1. The van der Waals surface area contributed by atoms with E-state index in [-0.39, 0.29) is 17.9 Å². The Hall–Kier alpha value is -1.43. The average molecular weight is 279 g/mol. The van der Waals surface area contributed by atoms with Crippen LogP contribution in [0.3, 0.4) is 0 Å². The number of nitrogens with zero attached hydrogens (tertiary/aromatic N) is 3. The fraction of sp³-hybridized carbons (Fsp3) is 0.786. The molecular formula is C14H21N3O3. The van der Waals surface area contributed by atoms with Crippen molar-refractivity contribution in [3.63, 3.8) is 0 Å². The molecule has 110 valence electrons. The third kappa shape index (κ3) is 2.70. The lowest BCUT2D eigenvalue weighted by molar-refractivity contribution is -0.142. The van der Waals surface area contributed by atoms with Gasteiger partial charge in [-0.2, -0.15) is 4.98 Å². The van der Waals surface area contributed by atoms with Crippen LogP contribution in [0.4, 0.5) is 0 Å². The highest BCUT2D eigenvalue weighted by Gasteiger charge is 2.33.